The van der Waals surface area contributed by atoms with Gasteiger partial charge in [0.05, 0.1) is 30.7 Å². The van der Waals surface area contributed by atoms with Crippen molar-refractivity contribution in [2.45, 2.75) is 50.3 Å². The molecular formula is C17H26N4O3S. The van der Waals surface area contributed by atoms with Gasteiger partial charge in [0.15, 0.2) is 0 Å². The average molecular weight is 366 g/mol. The van der Waals surface area contributed by atoms with Crippen LogP contribution in [-0.4, -0.2) is 60.8 Å². The lowest BCUT2D eigenvalue weighted by atomic mass is 10.0. The minimum absolute atomic E-state index is 0.205. The Morgan fingerprint density at radius 3 is 2.60 bits per heavy atom. The highest BCUT2D eigenvalue weighted by Crippen LogP contribution is 2.29. The maximum atomic E-state index is 13.0. The fourth-order valence-electron chi connectivity index (χ4n) is 3.98. The third-order valence-corrected chi connectivity index (χ3v) is 7.87. The van der Waals surface area contributed by atoms with Gasteiger partial charge < -0.3 is 9.64 Å². The molecule has 0 amide bonds. The Hall–Kier alpha value is -1.25. The lowest BCUT2D eigenvalue weighted by molar-refractivity contribution is 0.122. The molecule has 1 aliphatic carbocycles. The first-order chi connectivity index (χ1) is 12.1. The van der Waals surface area contributed by atoms with Crippen LogP contribution in [0.3, 0.4) is 0 Å². The van der Waals surface area contributed by atoms with Crippen LogP contribution in [0, 0.1) is 0 Å². The number of hydrogen-bond acceptors (Lipinski definition) is 6. The highest BCUT2D eigenvalue weighted by atomic mass is 32.2. The molecule has 0 radical (unpaired) electrons. The largest absolute Gasteiger partial charge is 0.378 e. The van der Waals surface area contributed by atoms with Crippen LogP contribution >= 0.6 is 0 Å². The van der Waals surface area contributed by atoms with Crippen LogP contribution in [0.2, 0.25) is 0 Å². The van der Waals surface area contributed by atoms with Crippen molar-refractivity contribution in [3.05, 3.63) is 17.5 Å². The van der Waals surface area contributed by atoms with Crippen molar-refractivity contribution in [3.8, 4) is 0 Å². The Labute approximate surface area is 149 Å². The normalized spacial score (nSPS) is 23.4. The first-order valence-electron chi connectivity index (χ1n) is 9.31. The molecule has 8 heteroatoms. The summed E-state index contributed by atoms with van der Waals surface area (Å²) in [6, 6.07) is 0. The molecule has 4 rings (SSSR count). The van der Waals surface area contributed by atoms with E-state index in [9.17, 15) is 8.42 Å². The average Bonchev–Trinajstić information content (AvgIpc) is 2.68. The number of rotatable bonds is 3. The van der Waals surface area contributed by atoms with Gasteiger partial charge in [-0.25, -0.2) is 18.4 Å². The summed E-state index contributed by atoms with van der Waals surface area (Å²) in [5.74, 6) is 0.693. The lowest BCUT2D eigenvalue weighted by Gasteiger charge is -2.33. The number of ether oxygens (including phenoxy) is 1. The zero-order valence-corrected chi connectivity index (χ0v) is 15.4. The number of sulfonamides is 1. The van der Waals surface area contributed by atoms with E-state index in [1.165, 1.54) is 0 Å². The Bertz CT molecular complexity index is 713. The number of aromatic nitrogens is 2. The third-order valence-electron chi connectivity index (χ3n) is 5.53. The van der Waals surface area contributed by atoms with Gasteiger partial charge in [-0.1, -0.05) is 19.3 Å². The number of anilines is 1. The van der Waals surface area contributed by atoms with E-state index in [-0.39, 0.29) is 5.25 Å². The van der Waals surface area contributed by atoms with Crippen LogP contribution < -0.4 is 4.90 Å². The number of nitrogens with zero attached hydrogens (tertiary/aromatic N) is 4. The second-order valence-electron chi connectivity index (χ2n) is 7.13. The minimum Gasteiger partial charge on any atom is -0.378 e. The molecule has 138 valence electrons. The molecule has 3 aliphatic rings. The van der Waals surface area contributed by atoms with E-state index < -0.39 is 10.0 Å². The molecular weight excluding hydrogens is 340 g/mol. The van der Waals surface area contributed by atoms with Crippen molar-refractivity contribution >= 4 is 16.0 Å². The summed E-state index contributed by atoms with van der Waals surface area (Å²) >= 11 is 0. The van der Waals surface area contributed by atoms with Gasteiger partial charge in [0, 0.05) is 25.8 Å². The predicted octanol–water partition coefficient (Wildman–Crippen LogP) is 1.33. The van der Waals surface area contributed by atoms with Crippen molar-refractivity contribution < 1.29 is 13.2 Å². The van der Waals surface area contributed by atoms with Gasteiger partial charge in [0.1, 0.15) is 0 Å². The first-order valence-corrected chi connectivity index (χ1v) is 10.8. The summed E-state index contributed by atoms with van der Waals surface area (Å²) in [6.07, 6.45) is 7.38. The molecule has 0 atom stereocenters. The van der Waals surface area contributed by atoms with E-state index in [1.54, 1.807) is 4.31 Å². The van der Waals surface area contributed by atoms with E-state index in [0.717, 1.165) is 56.5 Å². The minimum atomic E-state index is -3.23. The molecule has 1 aromatic heterocycles. The molecule has 0 unspecified atom stereocenters. The van der Waals surface area contributed by atoms with Gasteiger partial charge in [0.2, 0.25) is 16.0 Å². The molecule has 0 aromatic carbocycles. The highest BCUT2D eigenvalue weighted by Gasteiger charge is 2.35. The molecule has 0 spiro atoms. The van der Waals surface area contributed by atoms with Crippen LogP contribution in [0.15, 0.2) is 6.20 Å². The van der Waals surface area contributed by atoms with E-state index in [1.807, 2.05) is 6.20 Å². The molecule has 1 saturated heterocycles. The van der Waals surface area contributed by atoms with Crippen LogP contribution in [0.4, 0.5) is 5.95 Å². The smallest absolute Gasteiger partial charge is 0.225 e. The molecule has 3 heterocycles. The lowest BCUT2D eigenvalue weighted by Crippen LogP contribution is -2.43. The maximum Gasteiger partial charge on any atom is 0.225 e. The van der Waals surface area contributed by atoms with Gasteiger partial charge in [0.25, 0.3) is 0 Å². The van der Waals surface area contributed by atoms with Crippen LogP contribution in [-0.2, 0) is 27.7 Å². The standard InChI is InChI=1S/C17H26N4O3S/c22-25(23,15-4-2-1-3-5-15)21-7-6-14-12-18-17(19-16(14)13-21)20-8-10-24-11-9-20/h12,15H,1-11,13H2. The van der Waals surface area contributed by atoms with E-state index in [2.05, 4.69) is 9.88 Å². The molecule has 2 fully saturated rings. The second kappa shape index (κ2) is 7.17. The predicted molar refractivity (Wildman–Crippen MR) is 95.0 cm³/mol. The van der Waals surface area contributed by atoms with Gasteiger partial charge in [-0.15, -0.1) is 0 Å². The van der Waals surface area contributed by atoms with Crippen molar-refractivity contribution in [1.29, 1.82) is 0 Å². The van der Waals surface area contributed by atoms with Crippen molar-refractivity contribution in [3.63, 3.8) is 0 Å². The van der Waals surface area contributed by atoms with Gasteiger partial charge in [-0.05, 0) is 24.8 Å². The fraction of sp³-hybridized carbons (Fsp3) is 0.765. The Kier molecular flexibility index (Phi) is 4.92. The summed E-state index contributed by atoms with van der Waals surface area (Å²) in [6.45, 7) is 3.86. The van der Waals surface area contributed by atoms with Crippen LogP contribution in [0.25, 0.3) is 0 Å². The summed E-state index contributed by atoms with van der Waals surface area (Å²) in [4.78, 5) is 11.3. The zero-order valence-electron chi connectivity index (χ0n) is 14.6. The Morgan fingerprint density at radius 1 is 1.08 bits per heavy atom. The van der Waals surface area contributed by atoms with Crippen molar-refractivity contribution in [2.75, 3.05) is 37.7 Å². The fourth-order valence-corrected chi connectivity index (χ4v) is 5.97. The van der Waals surface area contributed by atoms with E-state index >= 15 is 0 Å². The topological polar surface area (TPSA) is 75.6 Å². The second-order valence-corrected chi connectivity index (χ2v) is 9.34. The van der Waals surface area contributed by atoms with Gasteiger partial charge in [-0.3, -0.25) is 0 Å². The van der Waals surface area contributed by atoms with E-state index in [4.69, 9.17) is 9.72 Å². The zero-order chi connectivity index (χ0) is 17.3. The first kappa shape index (κ1) is 17.2. The number of hydrogen-bond donors (Lipinski definition) is 0. The molecule has 25 heavy (non-hydrogen) atoms. The Morgan fingerprint density at radius 2 is 1.84 bits per heavy atom. The molecule has 2 aliphatic heterocycles. The molecule has 1 saturated carbocycles. The summed E-state index contributed by atoms with van der Waals surface area (Å²) in [5, 5.41) is -0.205. The van der Waals surface area contributed by atoms with E-state index in [0.29, 0.717) is 38.7 Å². The summed E-state index contributed by atoms with van der Waals surface area (Å²) in [5.41, 5.74) is 1.94. The third kappa shape index (κ3) is 3.52. The van der Waals surface area contributed by atoms with Gasteiger partial charge >= 0.3 is 0 Å². The summed E-state index contributed by atoms with van der Waals surface area (Å²) in [7, 11) is -3.23. The quantitative estimate of drug-likeness (QED) is 0.803. The number of morpholine rings is 1. The highest BCUT2D eigenvalue weighted by molar-refractivity contribution is 7.89. The SMILES string of the molecule is O=S(=O)(C1CCCCC1)N1CCc2cnc(N3CCOCC3)nc2C1. The monoisotopic (exact) mass is 366 g/mol. The van der Waals surface area contributed by atoms with Crippen LogP contribution in [0.1, 0.15) is 43.4 Å². The molecule has 0 bridgehead atoms. The number of fused-ring (bicyclic) bond motifs is 1. The molecule has 7 nitrogen and oxygen atoms in total. The molecule has 0 N–H and O–H groups in total. The van der Waals surface area contributed by atoms with Crippen molar-refractivity contribution in [2.24, 2.45) is 0 Å². The maximum absolute atomic E-state index is 13.0. The van der Waals surface area contributed by atoms with Gasteiger partial charge in [-0.2, -0.15) is 4.31 Å². The van der Waals surface area contributed by atoms with Crippen LogP contribution in [0.5, 0.6) is 0 Å². The van der Waals surface area contributed by atoms with Crippen molar-refractivity contribution in [1.82, 2.24) is 14.3 Å². The summed E-state index contributed by atoms with van der Waals surface area (Å²) < 4.78 is 33.0. The molecule has 1 aromatic rings. The Balaban J connectivity index is 1.53.